The molecule has 7 heteroatoms. The van der Waals surface area contributed by atoms with Crippen molar-refractivity contribution in [1.29, 1.82) is 0 Å². The van der Waals surface area contributed by atoms with E-state index in [4.69, 9.17) is 0 Å². The van der Waals surface area contributed by atoms with Crippen LogP contribution in [0.4, 0.5) is 0 Å². The summed E-state index contributed by atoms with van der Waals surface area (Å²) in [5.74, 6) is 0.132. The molecule has 1 aromatic carbocycles. The molecule has 0 fully saturated rings. The molecular formula is C18H17N5O2. The van der Waals surface area contributed by atoms with Crippen LogP contribution in [-0.4, -0.2) is 25.3 Å². The zero-order valence-corrected chi connectivity index (χ0v) is 13.9. The van der Waals surface area contributed by atoms with Crippen molar-refractivity contribution in [1.82, 2.24) is 19.4 Å². The smallest absolute Gasteiger partial charge is 0.268 e. The SMILES string of the molecule is Cc1cc(C)cc(-c2ncn(/C=C\C(=O)Nn3ccccc3=O)n2)c1. The fourth-order valence-electron chi connectivity index (χ4n) is 2.40. The predicted molar refractivity (Wildman–Crippen MR) is 95.3 cm³/mol. The highest BCUT2D eigenvalue weighted by molar-refractivity contribution is 5.96. The van der Waals surface area contributed by atoms with Crippen molar-refractivity contribution in [3.05, 3.63) is 76.5 Å². The van der Waals surface area contributed by atoms with E-state index in [1.165, 1.54) is 35.5 Å². The van der Waals surface area contributed by atoms with Gasteiger partial charge in [0.1, 0.15) is 6.33 Å². The van der Waals surface area contributed by atoms with Gasteiger partial charge in [0.25, 0.3) is 11.5 Å². The number of hydrogen-bond donors (Lipinski definition) is 1. The zero-order valence-electron chi connectivity index (χ0n) is 13.9. The number of benzene rings is 1. The van der Waals surface area contributed by atoms with Gasteiger partial charge in [-0.15, -0.1) is 5.10 Å². The Morgan fingerprint density at radius 3 is 2.64 bits per heavy atom. The Kier molecular flexibility index (Phi) is 4.56. The lowest BCUT2D eigenvalue weighted by molar-refractivity contribution is -0.112. The van der Waals surface area contributed by atoms with Gasteiger partial charge in [-0.25, -0.2) is 14.3 Å². The number of aryl methyl sites for hydroxylation is 2. The van der Waals surface area contributed by atoms with Gasteiger partial charge in [0.2, 0.25) is 0 Å². The van der Waals surface area contributed by atoms with E-state index in [0.29, 0.717) is 5.82 Å². The van der Waals surface area contributed by atoms with Crippen LogP contribution in [0.2, 0.25) is 0 Å². The van der Waals surface area contributed by atoms with Crippen LogP contribution in [0.15, 0.2) is 59.8 Å². The van der Waals surface area contributed by atoms with Gasteiger partial charge >= 0.3 is 0 Å². The summed E-state index contributed by atoms with van der Waals surface area (Å²) in [5.41, 5.74) is 5.32. The first kappa shape index (κ1) is 16.4. The fourth-order valence-corrected chi connectivity index (χ4v) is 2.40. The van der Waals surface area contributed by atoms with Crippen LogP contribution in [0.25, 0.3) is 17.6 Å². The molecule has 2 heterocycles. The van der Waals surface area contributed by atoms with E-state index in [1.54, 1.807) is 12.1 Å². The molecule has 0 atom stereocenters. The van der Waals surface area contributed by atoms with Crippen LogP contribution in [-0.2, 0) is 4.79 Å². The largest absolute Gasteiger partial charge is 0.269 e. The molecule has 0 radical (unpaired) electrons. The average molecular weight is 335 g/mol. The Morgan fingerprint density at radius 1 is 1.16 bits per heavy atom. The average Bonchev–Trinajstić information content (AvgIpc) is 3.03. The van der Waals surface area contributed by atoms with Gasteiger partial charge in [-0.3, -0.25) is 15.0 Å². The number of carbonyl (C=O) groups is 1. The van der Waals surface area contributed by atoms with E-state index in [0.717, 1.165) is 21.4 Å². The first-order chi connectivity index (χ1) is 12.0. The number of nitrogens with zero attached hydrogens (tertiary/aromatic N) is 4. The number of rotatable bonds is 4. The highest BCUT2D eigenvalue weighted by atomic mass is 16.2. The molecular weight excluding hydrogens is 318 g/mol. The van der Waals surface area contributed by atoms with Crippen molar-refractivity contribution in [2.24, 2.45) is 0 Å². The fraction of sp³-hybridized carbons (Fsp3) is 0.111. The molecule has 126 valence electrons. The lowest BCUT2D eigenvalue weighted by Gasteiger charge is -2.03. The Balaban J connectivity index is 1.72. The lowest BCUT2D eigenvalue weighted by Crippen LogP contribution is -2.30. The van der Waals surface area contributed by atoms with Crippen molar-refractivity contribution in [3.63, 3.8) is 0 Å². The molecule has 1 amide bonds. The number of carbonyl (C=O) groups excluding carboxylic acids is 1. The molecule has 0 saturated carbocycles. The minimum atomic E-state index is -0.447. The summed E-state index contributed by atoms with van der Waals surface area (Å²) in [6.07, 6.45) is 5.75. The molecule has 0 unspecified atom stereocenters. The molecule has 3 rings (SSSR count). The summed E-state index contributed by atoms with van der Waals surface area (Å²) in [6.45, 7) is 4.03. The van der Waals surface area contributed by atoms with Gasteiger partial charge in [0.05, 0.1) is 0 Å². The summed E-state index contributed by atoms with van der Waals surface area (Å²) >= 11 is 0. The molecule has 7 nitrogen and oxygen atoms in total. The van der Waals surface area contributed by atoms with E-state index in [2.05, 4.69) is 21.6 Å². The molecule has 2 aromatic heterocycles. The predicted octanol–water partition coefficient (Wildman–Crippen LogP) is 1.96. The summed E-state index contributed by atoms with van der Waals surface area (Å²) in [6, 6.07) is 10.7. The normalized spacial score (nSPS) is 11.0. The number of hydrogen-bond acceptors (Lipinski definition) is 4. The van der Waals surface area contributed by atoms with Crippen molar-refractivity contribution in [3.8, 4) is 11.4 Å². The minimum absolute atomic E-state index is 0.317. The highest BCUT2D eigenvalue weighted by Gasteiger charge is 2.05. The zero-order chi connectivity index (χ0) is 17.8. The van der Waals surface area contributed by atoms with E-state index in [-0.39, 0.29) is 5.56 Å². The van der Waals surface area contributed by atoms with Gasteiger partial charge in [-0.1, -0.05) is 23.3 Å². The minimum Gasteiger partial charge on any atom is -0.268 e. The molecule has 0 aliphatic rings. The molecule has 0 aliphatic carbocycles. The second-order valence-corrected chi connectivity index (χ2v) is 5.63. The summed E-state index contributed by atoms with van der Waals surface area (Å²) in [5, 5.41) is 4.33. The van der Waals surface area contributed by atoms with Crippen LogP contribution in [0.3, 0.4) is 0 Å². The van der Waals surface area contributed by atoms with E-state index < -0.39 is 5.91 Å². The van der Waals surface area contributed by atoms with Gasteiger partial charge in [-0.2, -0.15) is 0 Å². The van der Waals surface area contributed by atoms with Gasteiger partial charge < -0.3 is 0 Å². The van der Waals surface area contributed by atoms with Crippen molar-refractivity contribution in [2.45, 2.75) is 13.8 Å². The molecule has 1 N–H and O–H groups in total. The third-order valence-corrected chi connectivity index (χ3v) is 3.42. The molecule has 0 saturated heterocycles. The standard InChI is InChI=1S/C18H17N5O2/c1-13-9-14(2)11-15(10-13)18-19-12-22(21-18)8-6-16(24)20-23-7-4-3-5-17(23)25/h3-12H,1-2H3,(H,20,24)/b8-6-. The van der Waals surface area contributed by atoms with Crippen molar-refractivity contribution in [2.75, 3.05) is 5.43 Å². The van der Waals surface area contributed by atoms with Gasteiger partial charge in [0.15, 0.2) is 5.82 Å². The maximum atomic E-state index is 11.9. The second kappa shape index (κ2) is 6.96. The Labute approximate surface area is 144 Å². The maximum absolute atomic E-state index is 11.9. The van der Waals surface area contributed by atoms with Crippen LogP contribution < -0.4 is 11.0 Å². The Bertz CT molecular complexity index is 980. The summed E-state index contributed by atoms with van der Waals surface area (Å²) in [4.78, 5) is 27.7. The summed E-state index contributed by atoms with van der Waals surface area (Å²) < 4.78 is 2.55. The number of pyridine rings is 1. The van der Waals surface area contributed by atoms with Gasteiger partial charge in [0, 0.05) is 30.1 Å². The second-order valence-electron chi connectivity index (χ2n) is 5.63. The van der Waals surface area contributed by atoms with Crippen LogP contribution in [0, 0.1) is 13.8 Å². The molecule has 0 spiro atoms. The molecule has 25 heavy (non-hydrogen) atoms. The van der Waals surface area contributed by atoms with Crippen molar-refractivity contribution < 1.29 is 4.79 Å². The maximum Gasteiger partial charge on any atom is 0.269 e. The number of aromatic nitrogens is 4. The lowest BCUT2D eigenvalue weighted by atomic mass is 10.1. The Hall–Kier alpha value is -3.48. The third-order valence-electron chi connectivity index (χ3n) is 3.42. The van der Waals surface area contributed by atoms with E-state index in [9.17, 15) is 9.59 Å². The first-order valence-corrected chi connectivity index (χ1v) is 7.68. The van der Waals surface area contributed by atoms with Crippen molar-refractivity contribution >= 4 is 12.1 Å². The van der Waals surface area contributed by atoms with Crippen LogP contribution in [0.5, 0.6) is 0 Å². The number of nitrogens with one attached hydrogen (secondary N) is 1. The van der Waals surface area contributed by atoms with Crippen LogP contribution in [0.1, 0.15) is 11.1 Å². The molecule has 0 aliphatic heterocycles. The van der Waals surface area contributed by atoms with Crippen LogP contribution >= 0.6 is 0 Å². The van der Waals surface area contributed by atoms with E-state index >= 15 is 0 Å². The third kappa shape index (κ3) is 4.08. The molecule has 3 aromatic rings. The van der Waals surface area contributed by atoms with E-state index in [1.807, 2.05) is 26.0 Å². The quantitative estimate of drug-likeness (QED) is 0.739. The highest BCUT2D eigenvalue weighted by Crippen LogP contribution is 2.18. The summed E-state index contributed by atoms with van der Waals surface area (Å²) in [7, 11) is 0. The van der Waals surface area contributed by atoms with Gasteiger partial charge in [-0.05, 0) is 32.0 Å². The monoisotopic (exact) mass is 335 g/mol. The Morgan fingerprint density at radius 2 is 1.92 bits per heavy atom. The molecule has 0 bridgehead atoms. The number of amides is 1. The first-order valence-electron chi connectivity index (χ1n) is 7.68. The topological polar surface area (TPSA) is 81.8 Å².